The van der Waals surface area contributed by atoms with E-state index in [4.69, 9.17) is 9.78 Å². The molecule has 1 aromatic rings. The van der Waals surface area contributed by atoms with Crippen LogP contribution < -0.4 is 0 Å². The highest BCUT2D eigenvalue weighted by Gasteiger charge is 2.22. The summed E-state index contributed by atoms with van der Waals surface area (Å²) in [6.45, 7) is 4.21. The Labute approximate surface area is 114 Å². The van der Waals surface area contributed by atoms with E-state index in [1.54, 1.807) is 12.1 Å². The van der Waals surface area contributed by atoms with Gasteiger partial charge < -0.3 is 0 Å². The van der Waals surface area contributed by atoms with Crippen molar-refractivity contribution in [2.24, 2.45) is 5.92 Å². The van der Waals surface area contributed by atoms with E-state index in [1.165, 1.54) is 19.3 Å². The molecule has 1 saturated carbocycles. The van der Waals surface area contributed by atoms with Gasteiger partial charge in [0.05, 0.1) is 5.56 Å². The van der Waals surface area contributed by atoms with E-state index < -0.39 is 5.97 Å². The maximum Gasteiger partial charge on any atom is 0.373 e. The van der Waals surface area contributed by atoms with Gasteiger partial charge in [-0.2, -0.15) is 4.89 Å². The molecule has 104 valence electrons. The molecule has 3 heteroatoms. The second kappa shape index (κ2) is 6.71. The van der Waals surface area contributed by atoms with Crippen LogP contribution in [0.25, 0.3) is 0 Å². The SMILES string of the molecule is CCC1CCC(OOC(=O)c2ccc(C)cc2)CC1. The van der Waals surface area contributed by atoms with Crippen LogP contribution in [0.4, 0.5) is 0 Å². The topological polar surface area (TPSA) is 35.5 Å². The zero-order chi connectivity index (χ0) is 13.7. The number of rotatable bonds is 4. The summed E-state index contributed by atoms with van der Waals surface area (Å²) in [7, 11) is 0. The molecular formula is C16H22O3. The molecule has 0 saturated heterocycles. The smallest absolute Gasteiger partial charge is 0.293 e. The number of benzene rings is 1. The summed E-state index contributed by atoms with van der Waals surface area (Å²) in [6.07, 6.45) is 5.61. The van der Waals surface area contributed by atoms with E-state index in [1.807, 2.05) is 19.1 Å². The molecule has 0 radical (unpaired) electrons. The third kappa shape index (κ3) is 4.06. The molecule has 19 heavy (non-hydrogen) atoms. The van der Waals surface area contributed by atoms with Gasteiger partial charge in [-0.05, 0) is 50.7 Å². The Bertz CT molecular complexity index is 403. The quantitative estimate of drug-likeness (QED) is 0.606. The van der Waals surface area contributed by atoms with Gasteiger partial charge in [-0.15, -0.1) is 0 Å². The first-order valence-corrected chi connectivity index (χ1v) is 7.13. The highest BCUT2D eigenvalue weighted by molar-refractivity contribution is 5.88. The third-order valence-electron chi connectivity index (χ3n) is 3.92. The van der Waals surface area contributed by atoms with Crippen LogP contribution in [0.15, 0.2) is 24.3 Å². The molecule has 2 rings (SSSR count). The van der Waals surface area contributed by atoms with Crippen molar-refractivity contribution in [3.63, 3.8) is 0 Å². The van der Waals surface area contributed by atoms with Crippen LogP contribution in [0.3, 0.4) is 0 Å². The molecule has 0 spiro atoms. The minimum Gasteiger partial charge on any atom is -0.293 e. The average molecular weight is 262 g/mol. The molecule has 1 aliphatic rings. The van der Waals surface area contributed by atoms with Crippen LogP contribution in [0.5, 0.6) is 0 Å². The molecule has 0 atom stereocenters. The molecule has 0 aliphatic heterocycles. The van der Waals surface area contributed by atoms with Crippen molar-refractivity contribution in [3.05, 3.63) is 35.4 Å². The number of carbonyl (C=O) groups is 1. The molecule has 0 unspecified atom stereocenters. The van der Waals surface area contributed by atoms with Gasteiger partial charge >= 0.3 is 5.97 Å². The molecular weight excluding hydrogens is 240 g/mol. The summed E-state index contributed by atoms with van der Waals surface area (Å²) in [4.78, 5) is 22.0. The van der Waals surface area contributed by atoms with Gasteiger partial charge in [-0.3, -0.25) is 4.89 Å². The van der Waals surface area contributed by atoms with Crippen molar-refractivity contribution >= 4 is 5.97 Å². The highest BCUT2D eigenvalue weighted by atomic mass is 17.2. The monoisotopic (exact) mass is 262 g/mol. The normalized spacial score (nSPS) is 23.1. The Morgan fingerprint density at radius 3 is 2.37 bits per heavy atom. The van der Waals surface area contributed by atoms with Crippen molar-refractivity contribution in [3.8, 4) is 0 Å². The van der Waals surface area contributed by atoms with E-state index in [9.17, 15) is 4.79 Å². The predicted octanol–water partition coefficient (Wildman–Crippen LogP) is 4.05. The van der Waals surface area contributed by atoms with Crippen LogP contribution in [0, 0.1) is 12.8 Å². The summed E-state index contributed by atoms with van der Waals surface area (Å²) in [5.41, 5.74) is 1.66. The largest absolute Gasteiger partial charge is 0.373 e. The molecule has 0 N–H and O–H groups in total. The maximum atomic E-state index is 11.8. The molecule has 0 bridgehead atoms. The van der Waals surface area contributed by atoms with Gasteiger partial charge in [-0.1, -0.05) is 31.0 Å². The predicted molar refractivity (Wildman–Crippen MR) is 73.7 cm³/mol. The molecule has 1 fully saturated rings. The molecule has 0 aromatic heterocycles. The third-order valence-corrected chi connectivity index (χ3v) is 3.92. The second-order valence-corrected chi connectivity index (χ2v) is 5.38. The van der Waals surface area contributed by atoms with Crippen molar-refractivity contribution in [2.75, 3.05) is 0 Å². The van der Waals surface area contributed by atoms with E-state index in [2.05, 4.69) is 6.92 Å². The van der Waals surface area contributed by atoms with Crippen molar-refractivity contribution < 1.29 is 14.6 Å². The number of hydrogen-bond acceptors (Lipinski definition) is 3. The Hall–Kier alpha value is -1.35. The zero-order valence-corrected chi connectivity index (χ0v) is 11.7. The second-order valence-electron chi connectivity index (χ2n) is 5.38. The minimum absolute atomic E-state index is 0.0669. The molecule has 0 heterocycles. The lowest BCUT2D eigenvalue weighted by Crippen LogP contribution is -2.23. The lowest BCUT2D eigenvalue weighted by molar-refractivity contribution is -0.280. The Morgan fingerprint density at radius 1 is 1.16 bits per heavy atom. The van der Waals surface area contributed by atoms with Crippen molar-refractivity contribution in [1.82, 2.24) is 0 Å². The highest BCUT2D eigenvalue weighted by Crippen LogP contribution is 2.28. The lowest BCUT2D eigenvalue weighted by Gasteiger charge is -2.26. The van der Waals surface area contributed by atoms with Crippen molar-refractivity contribution in [2.45, 2.75) is 52.1 Å². The van der Waals surface area contributed by atoms with Gasteiger partial charge in [0.2, 0.25) is 0 Å². The van der Waals surface area contributed by atoms with E-state index in [0.717, 1.165) is 24.3 Å². The minimum atomic E-state index is -0.405. The fourth-order valence-corrected chi connectivity index (χ4v) is 2.49. The van der Waals surface area contributed by atoms with Crippen LogP contribution in [-0.2, 0) is 9.78 Å². The van der Waals surface area contributed by atoms with Crippen molar-refractivity contribution in [1.29, 1.82) is 0 Å². The van der Waals surface area contributed by atoms with Crippen LogP contribution >= 0.6 is 0 Å². The van der Waals surface area contributed by atoms with Crippen LogP contribution in [0.1, 0.15) is 54.9 Å². The van der Waals surface area contributed by atoms with Gasteiger partial charge in [0, 0.05) is 0 Å². The first kappa shape index (κ1) is 14.1. The summed E-state index contributed by atoms with van der Waals surface area (Å²) in [5.74, 6) is 0.408. The standard InChI is InChI=1S/C16H22O3/c1-3-13-6-10-15(11-7-13)18-19-16(17)14-8-4-12(2)5-9-14/h4-5,8-9,13,15H,3,6-7,10-11H2,1-2H3. The van der Waals surface area contributed by atoms with Gasteiger partial charge in [-0.25, -0.2) is 4.79 Å². The Morgan fingerprint density at radius 2 is 1.79 bits per heavy atom. The average Bonchev–Trinajstić information content (AvgIpc) is 2.46. The number of hydrogen-bond donors (Lipinski definition) is 0. The van der Waals surface area contributed by atoms with Gasteiger partial charge in [0.15, 0.2) is 0 Å². The van der Waals surface area contributed by atoms with Gasteiger partial charge in [0.1, 0.15) is 6.10 Å². The molecule has 1 aliphatic carbocycles. The number of aryl methyl sites for hydroxylation is 1. The summed E-state index contributed by atoms with van der Waals surface area (Å²) in [6, 6.07) is 7.30. The maximum absolute atomic E-state index is 11.8. The Kier molecular flexibility index (Phi) is 4.97. The van der Waals surface area contributed by atoms with Crippen LogP contribution in [0.2, 0.25) is 0 Å². The van der Waals surface area contributed by atoms with E-state index >= 15 is 0 Å². The summed E-state index contributed by atoms with van der Waals surface area (Å²) < 4.78 is 0. The number of carbonyl (C=O) groups excluding carboxylic acids is 1. The first-order chi connectivity index (χ1) is 9.19. The Balaban J connectivity index is 1.76. The first-order valence-electron chi connectivity index (χ1n) is 7.13. The van der Waals surface area contributed by atoms with Crippen LogP contribution in [-0.4, -0.2) is 12.1 Å². The zero-order valence-electron chi connectivity index (χ0n) is 11.7. The summed E-state index contributed by atoms with van der Waals surface area (Å²) >= 11 is 0. The molecule has 1 aromatic carbocycles. The lowest BCUT2D eigenvalue weighted by atomic mass is 9.86. The van der Waals surface area contributed by atoms with Gasteiger partial charge in [0.25, 0.3) is 0 Å². The fourth-order valence-electron chi connectivity index (χ4n) is 2.49. The fraction of sp³-hybridized carbons (Fsp3) is 0.562. The molecule has 3 nitrogen and oxygen atoms in total. The molecule has 0 amide bonds. The van der Waals surface area contributed by atoms with E-state index in [0.29, 0.717) is 5.56 Å². The summed E-state index contributed by atoms with van der Waals surface area (Å²) in [5, 5.41) is 0. The van der Waals surface area contributed by atoms with E-state index in [-0.39, 0.29) is 6.10 Å².